The monoisotopic (exact) mass is 322 g/mol. The van der Waals surface area contributed by atoms with Gasteiger partial charge in [-0.2, -0.15) is 0 Å². The third kappa shape index (κ3) is 2.69. The molecule has 2 atom stereocenters. The number of imidazole rings is 1. The second kappa shape index (κ2) is 5.87. The van der Waals surface area contributed by atoms with Crippen molar-refractivity contribution in [1.29, 1.82) is 0 Å². The predicted molar refractivity (Wildman–Crippen MR) is 84.5 cm³/mol. The third-order valence-corrected chi connectivity index (χ3v) is 4.40. The number of nitrogens with zero attached hydrogens (tertiary/aromatic N) is 3. The lowest BCUT2D eigenvalue weighted by molar-refractivity contribution is -0.136. The lowest BCUT2D eigenvalue weighted by Crippen LogP contribution is -2.56. The second-order valence-corrected chi connectivity index (χ2v) is 6.05. The van der Waals surface area contributed by atoms with E-state index in [-0.39, 0.29) is 12.0 Å². The summed E-state index contributed by atoms with van der Waals surface area (Å²) in [5, 5.41) is 0.678. The first-order valence-corrected chi connectivity index (χ1v) is 7.61. The summed E-state index contributed by atoms with van der Waals surface area (Å²) >= 11 is 6.05. The Kier molecular flexibility index (Phi) is 4.08. The molecule has 1 aromatic heterocycles. The molecule has 1 aliphatic rings. The van der Waals surface area contributed by atoms with E-state index in [2.05, 4.69) is 4.98 Å². The van der Waals surface area contributed by atoms with Gasteiger partial charge in [0, 0.05) is 18.6 Å². The lowest BCUT2D eigenvalue weighted by atomic mass is 10.1. The van der Waals surface area contributed by atoms with Gasteiger partial charge in [0.1, 0.15) is 11.9 Å². The van der Waals surface area contributed by atoms with Gasteiger partial charge in [0.15, 0.2) is 0 Å². The first-order valence-electron chi connectivity index (χ1n) is 7.23. The maximum atomic E-state index is 11.7. The fourth-order valence-corrected chi connectivity index (χ4v) is 3.17. The molecule has 0 saturated carbocycles. The van der Waals surface area contributed by atoms with E-state index in [0.29, 0.717) is 24.7 Å². The summed E-state index contributed by atoms with van der Waals surface area (Å²) in [6.07, 6.45) is -0.213. The SMILES string of the molecule is C[C@H]1OCCN(Cc2nc3ccc(Cl)cc3n2C)[C@@H]1C(N)=O. The van der Waals surface area contributed by atoms with Crippen LogP contribution < -0.4 is 5.73 Å². The first-order chi connectivity index (χ1) is 10.5. The summed E-state index contributed by atoms with van der Waals surface area (Å²) in [5.74, 6) is 0.506. The molecule has 7 heteroatoms. The van der Waals surface area contributed by atoms with Crippen LogP contribution in [0, 0.1) is 0 Å². The number of morpholine rings is 1. The smallest absolute Gasteiger partial charge is 0.237 e. The maximum Gasteiger partial charge on any atom is 0.237 e. The van der Waals surface area contributed by atoms with E-state index in [1.54, 1.807) is 0 Å². The van der Waals surface area contributed by atoms with Gasteiger partial charge >= 0.3 is 0 Å². The zero-order valence-corrected chi connectivity index (χ0v) is 13.4. The molecule has 2 N–H and O–H groups in total. The van der Waals surface area contributed by atoms with Gasteiger partial charge in [-0.1, -0.05) is 11.6 Å². The van der Waals surface area contributed by atoms with Crippen LogP contribution in [0.2, 0.25) is 5.02 Å². The number of hydrogen-bond acceptors (Lipinski definition) is 4. The minimum Gasteiger partial charge on any atom is -0.375 e. The Morgan fingerprint density at radius 2 is 2.32 bits per heavy atom. The molecule has 22 heavy (non-hydrogen) atoms. The molecule has 0 radical (unpaired) electrons. The molecular weight excluding hydrogens is 304 g/mol. The van der Waals surface area contributed by atoms with Crippen LogP contribution in [-0.2, 0) is 23.1 Å². The van der Waals surface area contributed by atoms with Crippen molar-refractivity contribution in [3.05, 3.63) is 29.0 Å². The Balaban J connectivity index is 1.91. The topological polar surface area (TPSA) is 73.4 Å². The van der Waals surface area contributed by atoms with Gasteiger partial charge in [0.05, 0.1) is 30.3 Å². The van der Waals surface area contributed by atoms with Crippen LogP contribution in [0.3, 0.4) is 0 Å². The fourth-order valence-electron chi connectivity index (χ4n) is 3.01. The van der Waals surface area contributed by atoms with Crippen molar-refractivity contribution in [2.75, 3.05) is 13.2 Å². The van der Waals surface area contributed by atoms with E-state index in [1.807, 2.05) is 41.6 Å². The summed E-state index contributed by atoms with van der Waals surface area (Å²) in [4.78, 5) is 18.4. The van der Waals surface area contributed by atoms with Gasteiger partial charge in [0.25, 0.3) is 0 Å². The summed E-state index contributed by atoms with van der Waals surface area (Å²) in [5.41, 5.74) is 7.39. The van der Waals surface area contributed by atoms with Crippen LogP contribution in [0.25, 0.3) is 11.0 Å². The van der Waals surface area contributed by atoms with Crippen LogP contribution in [0.1, 0.15) is 12.7 Å². The predicted octanol–water partition coefficient (Wildman–Crippen LogP) is 1.30. The van der Waals surface area contributed by atoms with Gasteiger partial charge in [-0.3, -0.25) is 9.69 Å². The number of amides is 1. The number of fused-ring (bicyclic) bond motifs is 1. The van der Waals surface area contributed by atoms with Crippen molar-refractivity contribution in [2.45, 2.75) is 25.6 Å². The highest BCUT2D eigenvalue weighted by molar-refractivity contribution is 6.31. The number of aryl methyl sites for hydroxylation is 1. The van der Waals surface area contributed by atoms with Crippen molar-refractivity contribution in [2.24, 2.45) is 12.8 Å². The number of aromatic nitrogens is 2. The quantitative estimate of drug-likeness (QED) is 0.924. The molecule has 0 spiro atoms. The number of rotatable bonds is 3. The van der Waals surface area contributed by atoms with Crippen molar-refractivity contribution in [3.63, 3.8) is 0 Å². The fraction of sp³-hybridized carbons (Fsp3) is 0.467. The number of halogens is 1. The number of nitrogens with two attached hydrogens (primary N) is 1. The molecule has 3 rings (SSSR count). The molecule has 1 saturated heterocycles. The van der Waals surface area contributed by atoms with E-state index in [1.165, 1.54) is 0 Å². The molecule has 0 unspecified atom stereocenters. The summed E-state index contributed by atoms with van der Waals surface area (Å²) in [6, 6.07) is 5.18. The second-order valence-electron chi connectivity index (χ2n) is 5.61. The van der Waals surface area contributed by atoms with Crippen LogP contribution in [0.4, 0.5) is 0 Å². The average Bonchev–Trinajstić information content (AvgIpc) is 2.75. The number of carbonyl (C=O) groups excluding carboxylic acids is 1. The standard InChI is InChI=1S/C15H19ClN4O2/c1-9-14(15(17)21)20(5-6-22-9)8-13-18-11-4-3-10(16)7-12(11)19(13)2/h3-4,7,9,14H,5-6,8H2,1-2H3,(H2,17,21)/t9-,14+/m1/s1. The summed E-state index contributed by atoms with van der Waals surface area (Å²) in [6.45, 7) is 3.66. The third-order valence-electron chi connectivity index (χ3n) is 4.17. The van der Waals surface area contributed by atoms with E-state index < -0.39 is 6.04 Å². The number of benzene rings is 1. The number of hydrogen-bond donors (Lipinski definition) is 1. The minimum atomic E-state index is -0.433. The van der Waals surface area contributed by atoms with Gasteiger partial charge in [0.2, 0.25) is 5.91 Å². The molecular formula is C15H19ClN4O2. The largest absolute Gasteiger partial charge is 0.375 e. The highest BCUT2D eigenvalue weighted by atomic mass is 35.5. The van der Waals surface area contributed by atoms with Gasteiger partial charge in [-0.25, -0.2) is 4.98 Å². The van der Waals surface area contributed by atoms with E-state index >= 15 is 0 Å². The Hall–Kier alpha value is -1.63. The highest BCUT2D eigenvalue weighted by Gasteiger charge is 2.34. The molecule has 1 amide bonds. The lowest BCUT2D eigenvalue weighted by Gasteiger charge is -2.37. The minimum absolute atomic E-state index is 0.213. The Bertz CT molecular complexity index is 715. The molecule has 1 fully saturated rings. The van der Waals surface area contributed by atoms with Gasteiger partial charge in [-0.15, -0.1) is 0 Å². The Morgan fingerprint density at radius 1 is 1.55 bits per heavy atom. The Labute approximate surface area is 133 Å². The van der Waals surface area contributed by atoms with Crippen molar-refractivity contribution in [3.8, 4) is 0 Å². The zero-order chi connectivity index (χ0) is 15.9. The van der Waals surface area contributed by atoms with Crippen LogP contribution in [0.15, 0.2) is 18.2 Å². The number of primary amides is 1. The van der Waals surface area contributed by atoms with Gasteiger partial charge < -0.3 is 15.0 Å². The Morgan fingerprint density at radius 3 is 3.05 bits per heavy atom. The molecule has 0 aliphatic carbocycles. The van der Waals surface area contributed by atoms with Crippen LogP contribution in [-0.4, -0.2) is 45.7 Å². The molecule has 2 aromatic rings. The van der Waals surface area contributed by atoms with E-state index in [4.69, 9.17) is 22.1 Å². The summed E-state index contributed by atoms with van der Waals surface area (Å²) in [7, 11) is 1.95. The normalized spacial score (nSPS) is 23.0. The zero-order valence-electron chi connectivity index (χ0n) is 12.6. The van der Waals surface area contributed by atoms with Crippen molar-refractivity contribution >= 4 is 28.5 Å². The molecule has 1 aromatic carbocycles. The molecule has 1 aliphatic heterocycles. The van der Waals surface area contributed by atoms with E-state index in [9.17, 15) is 4.79 Å². The molecule has 118 valence electrons. The van der Waals surface area contributed by atoms with Crippen LogP contribution in [0.5, 0.6) is 0 Å². The number of carbonyl (C=O) groups is 1. The average molecular weight is 323 g/mol. The summed E-state index contributed by atoms with van der Waals surface area (Å²) < 4.78 is 7.54. The molecule has 6 nitrogen and oxygen atoms in total. The molecule has 2 heterocycles. The van der Waals surface area contributed by atoms with E-state index in [0.717, 1.165) is 16.9 Å². The molecule has 0 bridgehead atoms. The van der Waals surface area contributed by atoms with Crippen LogP contribution >= 0.6 is 11.6 Å². The van der Waals surface area contributed by atoms with Gasteiger partial charge in [-0.05, 0) is 25.1 Å². The van der Waals surface area contributed by atoms with Crippen molar-refractivity contribution < 1.29 is 9.53 Å². The van der Waals surface area contributed by atoms with Crippen molar-refractivity contribution in [1.82, 2.24) is 14.5 Å². The highest BCUT2D eigenvalue weighted by Crippen LogP contribution is 2.22. The number of ether oxygens (including phenoxy) is 1. The maximum absolute atomic E-state index is 11.7. The first kappa shape index (κ1) is 15.3.